The maximum Gasteiger partial charge on any atom is 0.238 e. The molecule has 10 heteroatoms. The van der Waals surface area contributed by atoms with Crippen LogP contribution in [-0.4, -0.2) is 25.1 Å². The molecule has 0 radical (unpaired) electrons. The summed E-state index contributed by atoms with van der Waals surface area (Å²) in [6, 6.07) is 4.78. The molecule has 0 aliphatic rings. The van der Waals surface area contributed by atoms with E-state index in [0.717, 1.165) is 18.2 Å². The highest BCUT2D eigenvalue weighted by atomic mass is 32.2. The number of primary sulfonamides is 1. The third-order valence-corrected chi connectivity index (χ3v) is 2.86. The second-order valence-electron chi connectivity index (χ2n) is 3.32. The van der Waals surface area contributed by atoms with Crippen LogP contribution >= 0.6 is 0 Å². The summed E-state index contributed by atoms with van der Waals surface area (Å²) in [5.41, 5.74) is 6.78. The summed E-state index contributed by atoms with van der Waals surface area (Å²) in [6.45, 7) is 0. The maximum atomic E-state index is 11.1. The number of nitriles is 1. The summed E-state index contributed by atoms with van der Waals surface area (Å²) in [5, 5.41) is 33.5. The van der Waals surface area contributed by atoms with Crippen molar-refractivity contribution in [2.24, 2.45) is 16.0 Å². The lowest BCUT2D eigenvalue weighted by Gasteiger charge is -2.06. The number of hydrogen-bond acceptors (Lipinski definition) is 7. The predicted octanol–water partition coefficient (Wildman–Crippen LogP) is -0.733. The molecule has 0 aliphatic carbocycles. The van der Waals surface area contributed by atoms with Crippen LogP contribution in [0.3, 0.4) is 0 Å². The van der Waals surface area contributed by atoms with Crippen molar-refractivity contribution in [3.05, 3.63) is 18.2 Å². The number of hydrazone groups is 1. The van der Waals surface area contributed by atoms with Gasteiger partial charge in [-0.05, 0) is 18.2 Å². The van der Waals surface area contributed by atoms with Crippen LogP contribution in [0.4, 0.5) is 5.69 Å². The molecule has 0 aromatic heterocycles. The highest BCUT2D eigenvalue weighted by molar-refractivity contribution is 7.89. The Morgan fingerprint density at radius 1 is 1.53 bits per heavy atom. The van der Waals surface area contributed by atoms with Gasteiger partial charge >= 0.3 is 0 Å². The Bertz CT molecular complexity index is 688. The summed E-state index contributed by atoms with van der Waals surface area (Å²) in [4.78, 5) is -0.246. The lowest BCUT2D eigenvalue weighted by atomic mass is 10.3. The van der Waals surface area contributed by atoms with E-state index >= 15 is 0 Å². The molecule has 0 spiro atoms. The van der Waals surface area contributed by atoms with Crippen LogP contribution in [0.2, 0.25) is 0 Å². The van der Waals surface area contributed by atoms with E-state index in [2.05, 4.69) is 10.5 Å². The quantitative estimate of drug-likeness (QED) is 0.210. The van der Waals surface area contributed by atoms with Crippen LogP contribution in [0.1, 0.15) is 0 Å². The van der Waals surface area contributed by atoms with Gasteiger partial charge in [0.15, 0.2) is 5.84 Å². The van der Waals surface area contributed by atoms with Crippen molar-refractivity contribution in [2.75, 3.05) is 5.43 Å². The number of phenolic OH excluding ortho intramolecular Hbond substituents is 1. The van der Waals surface area contributed by atoms with Gasteiger partial charge in [-0.2, -0.15) is 10.4 Å². The first kappa shape index (κ1) is 14.4. The number of benzene rings is 1. The fourth-order valence-corrected chi connectivity index (χ4v) is 1.58. The molecule has 0 heterocycles. The molecular formula is C9H10N6O3S. The van der Waals surface area contributed by atoms with E-state index in [0.29, 0.717) is 0 Å². The van der Waals surface area contributed by atoms with Gasteiger partial charge in [0.2, 0.25) is 15.7 Å². The molecule has 19 heavy (non-hydrogen) atoms. The smallest absolute Gasteiger partial charge is 0.238 e. The number of nitrogens with two attached hydrogens (primary N) is 2. The Balaban J connectivity index is 3.16. The van der Waals surface area contributed by atoms with Crippen molar-refractivity contribution in [2.45, 2.75) is 4.90 Å². The number of sulfonamides is 1. The lowest BCUT2D eigenvalue weighted by Crippen LogP contribution is -2.22. The van der Waals surface area contributed by atoms with Gasteiger partial charge in [0.25, 0.3) is 0 Å². The molecule has 0 atom stereocenters. The van der Waals surface area contributed by atoms with Crippen LogP contribution < -0.4 is 16.3 Å². The average Bonchev–Trinajstić information content (AvgIpc) is 2.30. The highest BCUT2D eigenvalue weighted by Gasteiger charge is 2.11. The highest BCUT2D eigenvalue weighted by Crippen LogP contribution is 2.25. The average molecular weight is 282 g/mol. The fourth-order valence-electron chi connectivity index (χ4n) is 1.04. The van der Waals surface area contributed by atoms with Crippen LogP contribution in [-0.2, 0) is 10.0 Å². The van der Waals surface area contributed by atoms with Crippen molar-refractivity contribution < 1.29 is 13.5 Å². The number of hydrogen-bond donors (Lipinski definition) is 5. The van der Waals surface area contributed by atoms with Gasteiger partial charge < -0.3 is 10.8 Å². The first-order valence-corrected chi connectivity index (χ1v) is 6.24. The lowest BCUT2D eigenvalue weighted by molar-refractivity contribution is 0.477. The molecule has 9 nitrogen and oxygen atoms in total. The van der Waals surface area contributed by atoms with Gasteiger partial charge in [0, 0.05) is 0 Å². The zero-order chi connectivity index (χ0) is 14.6. The number of aromatic hydroxyl groups is 1. The van der Waals surface area contributed by atoms with Crippen LogP contribution in [0.15, 0.2) is 28.2 Å². The Morgan fingerprint density at radius 3 is 2.63 bits per heavy atom. The molecule has 0 fully saturated rings. The fraction of sp³-hybridized carbons (Fsp3) is 0. The second kappa shape index (κ2) is 5.34. The molecule has 0 bridgehead atoms. The zero-order valence-electron chi connectivity index (χ0n) is 9.45. The van der Waals surface area contributed by atoms with Gasteiger partial charge in [-0.1, -0.05) is 0 Å². The monoisotopic (exact) mass is 282 g/mol. The molecule has 0 saturated carbocycles. The topological polar surface area (TPSA) is 178 Å². The molecule has 0 saturated heterocycles. The number of nitrogens with zero attached hydrogens (tertiary/aromatic N) is 2. The number of nitrogens with one attached hydrogen (secondary N) is 2. The Kier molecular flexibility index (Phi) is 4.05. The first-order chi connectivity index (χ1) is 8.75. The van der Waals surface area contributed by atoms with Gasteiger partial charge in [0.05, 0.1) is 10.6 Å². The molecule has 0 amide bonds. The van der Waals surface area contributed by atoms with Crippen LogP contribution in [0.25, 0.3) is 0 Å². The van der Waals surface area contributed by atoms with E-state index in [4.69, 9.17) is 21.5 Å². The van der Waals surface area contributed by atoms with Crippen molar-refractivity contribution in [3.8, 4) is 11.8 Å². The standard InChI is InChI=1S/C9H10N6O3S/c10-4-7(9(11)12)15-14-6-3-5(19(13,17)18)1-2-8(6)16/h1-3,14,16H,(H3,11,12)(H2,13,17,18)/b15-7+. The van der Waals surface area contributed by atoms with Crippen molar-refractivity contribution >= 4 is 27.3 Å². The van der Waals surface area contributed by atoms with Crippen molar-refractivity contribution in [1.82, 2.24) is 0 Å². The van der Waals surface area contributed by atoms with Crippen LogP contribution in [0.5, 0.6) is 5.75 Å². The minimum atomic E-state index is -3.93. The van der Waals surface area contributed by atoms with Crippen LogP contribution in [0, 0.1) is 16.7 Å². The molecule has 1 rings (SSSR count). The normalized spacial score (nSPS) is 11.7. The molecule has 1 aromatic rings. The minimum Gasteiger partial charge on any atom is -0.506 e. The number of phenols is 1. The molecular weight excluding hydrogens is 272 g/mol. The molecule has 1 aromatic carbocycles. The van der Waals surface area contributed by atoms with E-state index in [1.807, 2.05) is 0 Å². The van der Waals surface area contributed by atoms with Crippen molar-refractivity contribution in [1.29, 1.82) is 10.7 Å². The van der Waals surface area contributed by atoms with Gasteiger partial charge in [-0.3, -0.25) is 10.8 Å². The molecule has 0 unspecified atom stereocenters. The summed E-state index contributed by atoms with van der Waals surface area (Å²) in [7, 11) is -3.93. The summed E-state index contributed by atoms with van der Waals surface area (Å²) >= 11 is 0. The molecule has 0 aliphatic heterocycles. The Hall–Kier alpha value is -2.64. The minimum absolute atomic E-state index is 0.0967. The molecule has 100 valence electrons. The third-order valence-electron chi connectivity index (χ3n) is 1.95. The van der Waals surface area contributed by atoms with E-state index in [-0.39, 0.29) is 16.3 Å². The third kappa shape index (κ3) is 3.66. The summed E-state index contributed by atoms with van der Waals surface area (Å²) < 4.78 is 22.3. The van der Waals surface area contributed by atoms with E-state index in [9.17, 15) is 13.5 Å². The summed E-state index contributed by atoms with van der Waals surface area (Å²) in [6.07, 6.45) is 0. The zero-order valence-corrected chi connectivity index (χ0v) is 10.3. The second-order valence-corrected chi connectivity index (χ2v) is 4.88. The van der Waals surface area contributed by atoms with Gasteiger partial charge in [0.1, 0.15) is 11.8 Å². The molecule has 7 N–H and O–H groups in total. The largest absolute Gasteiger partial charge is 0.506 e. The van der Waals surface area contributed by atoms with E-state index in [1.54, 1.807) is 6.07 Å². The number of anilines is 1. The maximum absolute atomic E-state index is 11.1. The van der Waals surface area contributed by atoms with Gasteiger partial charge in [-0.25, -0.2) is 13.6 Å². The number of amidine groups is 1. The number of rotatable bonds is 4. The SMILES string of the molecule is N#C/C(=N\Nc1cc(S(N)(=O)=O)ccc1O)C(=N)N. The van der Waals surface area contributed by atoms with Crippen molar-refractivity contribution in [3.63, 3.8) is 0 Å². The van der Waals surface area contributed by atoms with E-state index < -0.39 is 21.6 Å². The Labute approximate surface area is 108 Å². The first-order valence-electron chi connectivity index (χ1n) is 4.69. The van der Waals surface area contributed by atoms with E-state index in [1.165, 1.54) is 0 Å². The predicted molar refractivity (Wildman–Crippen MR) is 68.1 cm³/mol. The Morgan fingerprint density at radius 2 is 2.16 bits per heavy atom. The summed E-state index contributed by atoms with van der Waals surface area (Å²) in [5.74, 6) is -0.880. The van der Waals surface area contributed by atoms with Gasteiger partial charge in [-0.15, -0.1) is 0 Å².